The zero-order chi connectivity index (χ0) is 10.5. The van der Waals surface area contributed by atoms with Gasteiger partial charge in [0.2, 0.25) is 0 Å². The molecule has 1 atom stereocenters. The molecule has 0 amide bonds. The van der Waals surface area contributed by atoms with Crippen LogP contribution in [-0.4, -0.2) is 24.5 Å². The summed E-state index contributed by atoms with van der Waals surface area (Å²) >= 11 is 0. The van der Waals surface area contributed by atoms with Gasteiger partial charge < -0.3 is 4.90 Å². The quantitative estimate of drug-likeness (QED) is 0.639. The molecule has 1 fully saturated rings. The smallest absolute Gasteiger partial charge is 0.00470 e. The third kappa shape index (κ3) is 3.07. The third-order valence-electron chi connectivity index (χ3n) is 3.90. The summed E-state index contributed by atoms with van der Waals surface area (Å²) in [6.45, 7) is 6.30. The minimum Gasteiger partial charge on any atom is -0.303 e. The fraction of sp³-hybridized carbons (Fsp3) is 0.857. The van der Waals surface area contributed by atoms with E-state index in [2.05, 4.69) is 17.9 Å². The molecule has 0 aromatic rings. The lowest BCUT2D eigenvalue weighted by atomic mass is 9.84. The molecule has 1 heteroatoms. The molecule has 1 heterocycles. The summed E-state index contributed by atoms with van der Waals surface area (Å²) < 4.78 is 0. The van der Waals surface area contributed by atoms with E-state index >= 15 is 0 Å². The number of likely N-dealkylation sites (tertiary alicyclic amines) is 1. The Kier molecular flexibility index (Phi) is 4.25. The van der Waals surface area contributed by atoms with Crippen LogP contribution in [0.5, 0.6) is 0 Å². The predicted molar refractivity (Wildman–Crippen MR) is 66.0 cm³/mol. The molecule has 0 radical (unpaired) electrons. The second-order valence-electron chi connectivity index (χ2n) is 5.16. The first kappa shape index (κ1) is 11.2. The Morgan fingerprint density at radius 3 is 3.00 bits per heavy atom. The Labute approximate surface area is 94.5 Å². The van der Waals surface area contributed by atoms with E-state index in [1.54, 1.807) is 5.57 Å². The van der Waals surface area contributed by atoms with Crippen LogP contribution in [0.4, 0.5) is 0 Å². The largest absolute Gasteiger partial charge is 0.303 e. The summed E-state index contributed by atoms with van der Waals surface area (Å²) in [5.74, 6) is 0.908. The van der Waals surface area contributed by atoms with E-state index in [0.29, 0.717) is 0 Å². The van der Waals surface area contributed by atoms with Gasteiger partial charge in [0.1, 0.15) is 0 Å². The minimum absolute atomic E-state index is 0.908. The average molecular weight is 207 g/mol. The van der Waals surface area contributed by atoms with Gasteiger partial charge in [0.15, 0.2) is 0 Å². The molecular formula is C14H25N. The summed E-state index contributed by atoms with van der Waals surface area (Å²) in [5.41, 5.74) is 1.79. The molecular weight excluding hydrogens is 182 g/mol. The molecule has 2 rings (SSSR count). The van der Waals surface area contributed by atoms with Crippen molar-refractivity contribution >= 4 is 0 Å². The zero-order valence-corrected chi connectivity index (χ0v) is 10.2. The van der Waals surface area contributed by atoms with E-state index < -0.39 is 0 Å². The maximum absolute atomic E-state index is 2.67. The molecule has 1 nitrogen and oxygen atoms in total. The van der Waals surface area contributed by atoms with Crippen LogP contribution in [0.2, 0.25) is 0 Å². The fourth-order valence-corrected chi connectivity index (χ4v) is 3.11. The number of allylic oxidation sites excluding steroid dienone is 1. The first-order valence-electron chi connectivity index (χ1n) is 6.81. The van der Waals surface area contributed by atoms with Crippen molar-refractivity contribution in [3.63, 3.8) is 0 Å². The molecule has 0 spiro atoms. The molecule has 0 bridgehead atoms. The summed E-state index contributed by atoms with van der Waals surface area (Å²) in [7, 11) is 0. The molecule has 0 aromatic heterocycles. The second-order valence-corrected chi connectivity index (χ2v) is 5.16. The maximum atomic E-state index is 2.67. The van der Waals surface area contributed by atoms with Crippen LogP contribution in [0.25, 0.3) is 0 Å². The predicted octanol–water partition coefficient (Wildman–Crippen LogP) is 3.61. The molecule has 15 heavy (non-hydrogen) atoms. The van der Waals surface area contributed by atoms with Crippen LogP contribution in [-0.2, 0) is 0 Å². The van der Waals surface area contributed by atoms with Crippen LogP contribution in [0.1, 0.15) is 51.9 Å². The molecule has 2 aliphatic rings. The lowest BCUT2D eigenvalue weighted by Crippen LogP contribution is -2.36. The standard InChI is InChI=1S/C14H25N/c1-2-10-15-11-6-9-14(12-15)13-7-4-3-5-8-13/h7,14H,2-6,8-12H2,1H3. The molecule has 1 aliphatic heterocycles. The second kappa shape index (κ2) is 5.69. The summed E-state index contributed by atoms with van der Waals surface area (Å²) in [4.78, 5) is 2.67. The van der Waals surface area contributed by atoms with Gasteiger partial charge in [-0.2, -0.15) is 0 Å². The fourth-order valence-electron chi connectivity index (χ4n) is 3.11. The Balaban J connectivity index is 1.88. The van der Waals surface area contributed by atoms with Crippen LogP contribution in [0.3, 0.4) is 0 Å². The van der Waals surface area contributed by atoms with Gasteiger partial charge >= 0.3 is 0 Å². The van der Waals surface area contributed by atoms with E-state index in [-0.39, 0.29) is 0 Å². The number of hydrogen-bond acceptors (Lipinski definition) is 1. The Bertz CT molecular complexity index is 217. The van der Waals surface area contributed by atoms with E-state index in [9.17, 15) is 0 Å². The van der Waals surface area contributed by atoms with Crippen molar-refractivity contribution in [2.75, 3.05) is 19.6 Å². The van der Waals surface area contributed by atoms with E-state index in [0.717, 1.165) is 5.92 Å². The number of hydrogen-bond donors (Lipinski definition) is 0. The van der Waals surface area contributed by atoms with Crippen molar-refractivity contribution in [3.05, 3.63) is 11.6 Å². The Hall–Kier alpha value is -0.300. The van der Waals surface area contributed by atoms with Crippen molar-refractivity contribution in [1.29, 1.82) is 0 Å². The van der Waals surface area contributed by atoms with Crippen LogP contribution in [0.15, 0.2) is 11.6 Å². The van der Waals surface area contributed by atoms with Gasteiger partial charge in [-0.05, 0) is 64.0 Å². The third-order valence-corrected chi connectivity index (χ3v) is 3.90. The van der Waals surface area contributed by atoms with Crippen molar-refractivity contribution in [1.82, 2.24) is 4.90 Å². The van der Waals surface area contributed by atoms with Gasteiger partial charge in [-0.3, -0.25) is 0 Å². The highest BCUT2D eigenvalue weighted by Crippen LogP contribution is 2.30. The SMILES string of the molecule is CCCN1CCCC(C2=CCCCC2)C1. The van der Waals surface area contributed by atoms with Gasteiger partial charge in [-0.25, -0.2) is 0 Å². The first-order valence-corrected chi connectivity index (χ1v) is 6.81. The van der Waals surface area contributed by atoms with E-state index in [1.807, 2.05) is 0 Å². The Morgan fingerprint density at radius 1 is 1.33 bits per heavy atom. The molecule has 0 aromatic carbocycles. The molecule has 0 saturated carbocycles. The van der Waals surface area contributed by atoms with Crippen molar-refractivity contribution in [2.45, 2.75) is 51.9 Å². The zero-order valence-electron chi connectivity index (χ0n) is 10.2. The summed E-state index contributed by atoms with van der Waals surface area (Å²) in [5, 5.41) is 0. The van der Waals surface area contributed by atoms with Crippen LogP contribution >= 0.6 is 0 Å². The normalized spacial score (nSPS) is 28.9. The van der Waals surface area contributed by atoms with Gasteiger partial charge in [-0.15, -0.1) is 0 Å². The van der Waals surface area contributed by atoms with E-state index in [4.69, 9.17) is 0 Å². The van der Waals surface area contributed by atoms with Crippen LogP contribution in [0, 0.1) is 5.92 Å². The van der Waals surface area contributed by atoms with E-state index in [1.165, 1.54) is 64.6 Å². The monoisotopic (exact) mass is 207 g/mol. The highest BCUT2D eigenvalue weighted by molar-refractivity contribution is 5.10. The van der Waals surface area contributed by atoms with Gasteiger partial charge in [-0.1, -0.05) is 18.6 Å². The van der Waals surface area contributed by atoms with Gasteiger partial charge in [0.05, 0.1) is 0 Å². The molecule has 1 unspecified atom stereocenters. The van der Waals surface area contributed by atoms with Gasteiger partial charge in [0.25, 0.3) is 0 Å². The maximum Gasteiger partial charge on any atom is 0.00470 e. The molecule has 0 N–H and O–H groups in total. The lowest BCUT2D eigenvalue weighted by Gasteiger charge is -2.34. The molecule has 86 valence electrons. The summed E-state index contributed by atoms with van der Waals surface area (Å²) in [6, 6.07) is 0. The molecule has 1 saturated heterocycles. The van der Waals surface area contributed by atoms with Crippen molar-refractivity contribution in [3.8, 4) is 0 Å². The number of rotatable bonds is 3. The highest BCUT2D eigenvalue weighted by atomic mass is 15.1. The average Bonchev–Trinajstić information content (AvgIpc) is 2.31. The first-order chi connectivity index (χ1) is 7.40. The van der Waals surface area contributed by atoms with Crippen molar-refractivity contribution in [2.24, 2.45) is 5.92 Å². The molecule has 1 aliphatic carbocycles. The minimum atomic E-state index is 0.908. The Morgan fingerprint density at radius 2 is 2.27 bits per heavy atom. The summed E-state index contributed by atoms with van der Waals surface area (Å²) in [6.07, 6.45) is 12.3. The number of nitrogens with zero attached hydrogens (tertiary/aromatic N) is 1. The highest BCUT2D eigenvalue weighted by Gasteiger charge is 2.22. The lowest BCUT2D eigenvalue weighted by molar-refractivity contribution is 0.189. The van der Waals surface area contributed by atoms with Crippen molar-refractivity contribution < 1.29 is 0 Å². The van der Waals surface area contributed by atoms with Crippen LogP contribution < -0.4 is 0 Å². The topological polar surface area (TPSA) is 3.24 Å². The number of piperidine rings is 1. The van der Waals surface area contributed by atoms with Gasteiger partial charge in [0, 0.05) is 6.54 Å².